The monoisotopic (exact) mass is 271 g/mol. The highest BCUT2D eigenvalue weighted by atomic mass is 32.1. The minimum Gasteiger partial charge on any atom is -0.480 e. The molecule has 1 heterocycles. The van der Waals surface area contributed by atoms with E-state index in [4.69, 9.17) is 0 Å². The van der Waals surface area contributed by atoms with Crippen LogP contribution in [-0.4, -0.2) is 39.7 Å². The van der Waals surface area contributed by atoms with Gasteiger partial charge >= 0.3 is 5.97 Å². The van der Waals surface area contributed by atoms with Gasteiger partial charge in [0.25, 0.3) is 0 Å². The predicted octanol–water partition coefficient (Wildman–Crippen LogP) is 1.94. The van der Waals surface area contributed by atoms with Gasteiger partial charge < -0.3 is 10.0 Å². The highest BCUT2D eigenvalue weighted by molar-refractivity contribution is 7.81. The second kappa shape index (κ2) is 5.95. The minimum absolute atomic E-state index is 0.00861. The molecule has 1 unspecified atom stereocenters. The third-order valence-corrected chi connectivity index (χ3v) is 4.43. The Bertz CT molecular complexity index is 328. The zero-order chi connectivity index (χ0) is 13.1. The van der Waals surface area contributed by atoms with Crippen molar-refractivity contribution < 1.29 is 14.7 Å². The first-order valence-corrected chi connectivity index (χ1v) is 7.30. The molecule has 2 aliphatic rings. The van der Waals surface area contributed by atoms with Crippen LogP contribution in [0.3, 0.4) is 0 Å². The minimum atomic E-state index is -0.864. The number of rotatable bonds is 4. The smallest absolute Gasteiger partial charge is 0.326 e. The summed E-state index contributed by atoms with van der Waals surface area (Å²) in [4.78, 5) is 24.7. The van der Waals surface area contributed by atoms with Crippen molar-refractivity contribution in [2.45, 2.75) is 56.2 Å². The van der Waals surface area contributed by atoms with Gasteiger partial charge in [-0.1, -0.05) is 32.1 Å². The Morgan fingerprint density at radius 1 is 1.39 bits per heavy atom. The molecule has 2 fully saturated rings. The summed E-state index contributed by atoms with van der Waals surface area (Å²) in [5, 5.41) is 9.34. The van der Waals surface area contributed by atoms with Gasteiger partial charge in [-0.3, -0.25) is 4.79 Å². The number of carbonyl (C=O) groups excluding carboxylic acids is 1. The van der Waals surface area contributed by atoms with Crippen molar-refractivity contribution in [3.05, 3.63) is 0 Å². The molecule has 1 aliphatic heterocycles. The van der Waals surface area contributed by atoms with Gasteiger partial charge in [0.2, 0.25) is 5.91 Å². The summed E-state index contributed by atoms with van der Waals surface area (Å²) in [6.45, 7) is 0.478. The van der Waals surface area contributed by atoms with Crippen LogP contribution in [0.2, 0.25) is 0 Å². The van der Waals surface area contributed by atoms with Gasteiger partial charge in [0.1, 0.15) is 6.04 Å². The van der Waals surface area contributed by atoms with Crippen LogP contribution in [0.15, 0.2) is 0 Å². The highest BCUT2D eigenvalue weighted by Crippen LogP contribution is 2.30. The van der Waals surface area contributed by atoms with E-state index in [0.717, 1.165) is 12.8 Å². The molecule has 0 spiro atoms. The molecule has 0 radical (unpaired) electrons. The quantitative estimate of drug-likeness (QED) is 0.768. The lowest BCUT2D eigenvalue weighted by molar-refractivity contribution is -0.149. The van der Waals surface area contributed by atoms with Crippen molar-refractivity contribution in [2.75, 3.05) is 6.54 Å². The van der Waals surface area contributed by atoms with Crippen LogP contribution in [0, 0.1) is 5.92 Å². The summed E-state index contributed by atoms with van der Waals surface area (Å²) in [5.74, 6) is -0.457. The average Bonchev–Trinajstić information content (AvgIpc) is 2.66. The number of likely N-dealkylation sites (tertiary alicyclic amines) is 1. The number of carbonyl (C=O) groups is 2. The molecule has 2 rings (SSSR count). The third-order valence-electron chi connectivity index (χ3n) is 4.08. The van der Waals surface area contributed by atoms with Gasteiger partial charge in [-0.15, -0.1) is 0 Å². The van der Waals surface area contributed by atoms with Crippen LogP contribution in [-0.2, 0) is 9.59 Å². The molecule has 5 heteroatoms. The molecule has 1 amide bonds. The molecule has 4 nitrogen and oxygen atoms in total. The number of carboxylic acid groups (broad SMARTS) is 1. The number of hydrogen-bond acceptors (Lipinski definition) is 3. The van der Waals surface area contributed by atoms with E-state index >= 15 is 0 Å². The largest absolute Gasteiger partial charge is 0.480 e. The maximum atomic E-state index is 11.8. The molecule has 1 N–H and O–H groups in total. The molecule has 2 atom stereocenters. The number of hydrogen-bond donors (Lipinski definition) is 2. The molecular weight excluding hydrogens is 250 g/mol. The fourth-order valence-electron chi connectivity index (χ4n) is 3.11. The Labute approximate surface area is 113 Å². The van der Waals surface area contributed by atoms with Crippen molar-refractivity contribution in [1.29, 1.82) is 0 Å². The van der Waals surface area contributed by atoms with E-state index in [-0.39, 0.29) is 11.2 Å². The lowest BCUT2D eigenvalue weighted by atomic mass is 9.84. The van der Waals surface area contributed by atoms with Crippen molar-refractivity contribution in [2.24, 2.45) is 5.92 Å². The van der Waals surface area contributed by atoms with E-state index in [0.29, 0.717) is 25.3 Å². The number of thiol groups is 1. The maximum Gasteiger partial charge on any atom is 0.326 e. The van der Waals surface area contributed by atoms with Crippen LogP contribution in [0.5, 0.6) is 0 Å². The van der Waals surface area contributed by atoms with Gasteiger partial charge in [-0.2, -0.15) is 12.6 Å². The van der Waals surface area contributed by atoms with E-state index in [1.165, 1.54) is 24.2 Å². The number of carboxylic acids is 1. The molecule has 1 saturated heterocycles. The summed E-state index contributed by atoms with van der Waals surface area (Å²) >= 11 is 4.28. The Morgan fingerprint density at radius 3 is 2.56 bits per heavy atom. The van der Waals surface area contributed by atoms with Gasteiger partial charge in [0.05, 0.1) is 0 Å². The predicted molar refractivity (Wildman–Crippen MR) is 71.7 cm³/mol. The molecule has 1 aliphatic carbocycles. The molecule has 1 saturated carbocycles. The lowest BCUT2D eigenvalue weighted by Gasteiger charge is -2.30. The zero-order valence-electron chi connectivity index (χ0n) is 10.5. The Morgan fingerprint density at radius 2 is 2.06 bits per heavy atom. The SMILES string of the molecule is O=C(O)[C@H](CC1CCCCC1)N1CC(S)CC1=O. The standard InChI is InChI=1S/C13H21NO3S/c15-12-7-10(18)8-14(12)11(13(16)17)6-9-4-2-1-3-5-9/h9-11,18H,1-8H2,(H,16,17)/t10?,11-/m0/s1. The highest BCUT2D eigenvalue weighted by Gasteiger charge is 2.37. The topological polar surface area (TPSA) is 57.6 Å². The van der Waals surface area contributed by atoms with Crippen molar-refractivity contribution >= 4 is 24.5 Å². The van der Waals surface area contributed by atoms with Gasteiger partial charge in [-0.05, 0) is 12.3 Å². The normalized spacial score (nSPS) is 27.5. The van der Waals surface area contributed by atoms with E-state index in [1.807, 2.05) is 0 Å². The van der Waals surface area contributed by atoms with Gasteiger partial charge in [0.15, 0.2) is 0 Å². The molecule has 18 heavy (non-hydrogen) atoms. The Hall–Kier alpha value is -0.710. The first-order chi connectivity index (χ1) is 8.58. The Kier molecular flexibility index (Phi) is 4.54. The number of nitrogens with zero attached hydrogens (tertiary/aromatic N) is 1. The fourth-order valence-corrected chi connectivity index (χ4v) is 3.45. The number of amides is 1. The molecule has 0 aromatic rings. The molecule has 0 aromatic heterocycles. The van der Waals surface area contributed by atoms with E-state index in [2.05, 4.69) is 12.6 Å². The van der Waals surface area contributed by atoms with Gasteiger partial charge in [0, 0.05) is 18.2 Å². The Balaban J connectivity index is 1.99. The average molecular weight is 271 g/mol. The molecular formula is C13H21NO3S. The summed E-state index contributed by atoms with van der Waals surface area (Å²) in [6.07, 6.45) is 6.85. The number of aliphatic carboxylic acids is 1. The second-order valence-electron chi connectivity index (χ2n) is 5.50. The summed E-state index contributed by atoms with van der Waals surface area (Å²) in [7, 11) is 0. The second-order valence-corrected chi connectivity index (χ2v) is 6.23. The summed E-state index contributed by atoms with van der Waals surface area (Å²) in [6, 6.07) is -0.641. The lowest BCUT2D eigenvalue weighted by Crippen LogP contribution is -2.43. The van der Waals surface area contributed by atoms with E-state index < -0.39 is 12.0 Å². The van der Waals surface area contributed by atoms with Crippen LogP contribution in [0.4, 0.5) is 0 Å². The van der Waals surface area contributed by atoms with Crippen LogP contribution < -0.4 is 0 Å². The van der Waals surface area contributed by atoms with Crippen LogP contribution in [0.1, 0.15) is 44.9 Å². The summed E-state index contributed by atoms with van der Waals surface area (Å²) < 4.78 is 0. The van der Waals surface area contributed by atoms with Crippen LogP contribution >= 0.6 is 12.6 Å². The first-order valence-electron chi connectivity index (χ1n) is 6.78. The van der Waals surface area contributed by atoms with Crippen molar-refractivity contribution in [3.63, 3.8) is 0 Å². The zero-order valence-corrected chi connectivity index (χ0v) is 11.4. The molecule has 102 valence electrons. The van der Waals surface area contributed by atoms with Crippen LogP contribution in [0.25, 0.3) is 0 Å². The van der Waals surface area contributed by atoms with Crippen molar-refractivity contribution in [3.8, 4) is 0 Å². The van der Waals surface area contributed by atoms with Crippen molar-refractivity contribution in [1.82, 2.24) is 4.90 Å². The molecule has 0 bridgehead atoms. The third kappa shape index (κ3) is 3.19. The first kappa shape index (κ1) is 13.7. The maximum absolute atomic E-state index is 11.8. The van der Waals surface area contributed by atoms with E-state index in [1.54, 1.807) is 0 Å². The van der Waals surface area contributed by atoms with Gasteiger partial charge in [-0.25, -0.2) is 4.79 Å². The molecule has 0 aromatic carbocycles. The fraction of sp³-hybridized carbons (Fsp3) is 0.846. The van der Waals surface area contributed by atoms with E-state index in [9.17, 15) is 14.7 Å². The summed E-state index contributed by atoms with van der Waals surface area (Å²) in [5.41, 5.74) is 0.